The zero-order valence-electron chi connectivity index (χ0n) is 18.0. The lowest BCUT2D eigenvalue weighted by Crippen LogP contribution is -2.66. The molecular formula is C24H20F2N6O2. The van der Waals surface area contributed by atoms with Crippen molar-refractivity contribution in [3.8, 4) is 17.3 Å². The largest absolute Gasteiger partial charge is 0.371 e. The Morgan fingerprint density at radius 1 is 1.26 bits per heavy atom. The molecule has 6 rings (SSSR count). The fourth-order valence-corrected chi connectivity index (χ4v) is 5.04. The molecule has 10 heteroatoms. The van der Waals surface area contributed by atoms with Gasteiger partial charge in [0.2, 0.25) is 0 Å². The first-order valence-corrected chi connectivity index (χ1v) is 11.0. The number of ketones is 1. The fraction of sp³-hybridized carbons (Fsp3) is 0.333. The van der Waals surface area contributed by atoms with Crippen molar-refractivity contribution in [2.75, 3.05) is 13.1 Å². The van der Waals surface area contributed by atoms with Crippen LogP contribution in [0, 0.1) is 28.9 Å². The van der Waals surface area contributed by atoms with Crippen LogP contribution in [0.15, 0.2) is 36.9 Å². The van der Waals surface area contributed by atoms with E-state index >= 15 is 4.39 Å². The van der Waals surface area contributed by atoms with Crippen molar-refractivity contribution in [2.24, 2.45) is 5.92 Å². The summed E-state index contributed by atoms with van der Waals surface area (Å²) in [5.41, 5.74) is 0.820. The van der Waals surface area contributed by atoms with Gasteiger partial charge in [-0.2, -0.15) is 5.26 Å². The van der Waals surface area contributed by atoms with E-state index in [1.807, 2.05) is 6.07 Å². The summed E-state index contributed by atoms with van der Waals surface area (Å²) in [7, 11) is 0. The molecule has 34 heavy (non-hydrogen) atoms. The second kappa shape index (κ2) is 7.41. The van der Waals surface area contributed by atoms with Gasteiger partial charge >= 0.3 is 0 Å². The molecule has 1 atom stereocenters. The normalized spacial score (nSPS) is 18.6. The minimum atomic E-state index is -1.26. The second-order valence-electron chi connectivity index (χ2n) is 9.15. The SMILES string of the molecule is N#CCC1(n2cc(-c3ncnc4[nH]ccc34)c3ccc(F)c(F)c32)CN([C@H](O)C(=O)C2CC2)C1. The number of halogens is 2. The Labute approximate surface area is 192 Å². The second-order valence-corrected chi connectivity index (χ2v) is 9.15. The van der Waals surface area contributed by atoms with Crippen LogP contribution in [0.5, 0.6) is 0 Å². The number of aliphatic hydroxyl groups is 1. The highest BCUT2D eigenvalue weighted by atomic mass is 19.2. The highest BCUT2D eigenvalue weighted by Gasteiger charge is 2.50. The molecule has 4 aromatic rings. The van der Waals surface area contributed by atoms with Crippen LogP contribution in [0.4, 0.5) is 8.78 Å². The highest BCUT2D eigenvalue weighted by molar-refractivity contribution is 6.02. The molecule has 1 saturated carbocycles. The van der Waals surface area contributed by atoms with E-state index in [1.54, 1.807) is 21.9 Å². The molecule has 0 amide bonds. The van der Waals surface area contributed by atoms with Gasteiger partial charge in [0, 0.05) is 47.7 Å². The van der Waals surface area contributed by atoms with Crippen molar-refractivity contribution < 1.29 is 18.7 Å². The molecule has 1 aromatic carbocycles. The lowest BCUT2D eigenvalue weighted by atomic mass is 9.85. The van der Waals surface area contributed by atoms with Gasteiger partial charge in [-0.25, -0.2) is 18.7 Å². The van der Waals surface area contributed by atoms with Crippen molar-refractivity contribution in [1.82, 2.24) is 24.4 Å². The molecule has 1 aliphatic heterocycles. The number of aromatic nitrogens is 4. The summed E-state index contributed by atoms with van der Waals surface area (Å²) in [5.74, 6) is -2.36. The molecule has 0 spiro atoms. The van der Waals surface area contributed by atoms with Gasteiger partial charge in [0.25, 0.3) is 0 Å². The monoisotopic (exact) mass is 462 g/mol. The van der Waals surface area contributed by atoms with Crippen molar-refractivity contribution >= 4 is 27.7 Å². The standard InChI is InChI=1S/C24H20F2N6O2/c25-17-4-3-14-16(19-15-5-8-28-22(15)30-12-29-19)9-32(20(14)18(17)26)24(6-7-27)10-31(11-24)23(34)21(33)13-1-2-13/h3-5,8-9,12-13,23,34H,1-2,6,10-11H2,(H,28,29,30)/t23-/m1/s1. The summed E-state index contributed by atoms with van der Waals surface area (Å²) < 4.78 is 31.2. The Bertz CT molecular complexity index is 1490. The fourth-order valence-electron chi connectivity index (χ4n) is 5.04. The van der Waals surface area contributed by atoms with Gasteiger partial charge in [-0.05, 0) is 31.0 Å². The lowest BCUT2D eigenvalue weighted by Gasteiger charge is -2.51. The van der Waals surface area contributed by atoms with Gasteiger partial charge in [0.15, 0.2) is 23.6 Å². The van der Waals surface area contributed by atoms with Crippen LogP contribution >= 0.6 is 0 Å². The predicted octanol–water partition coefficient (Wildman–Crippen LogP) is 3.08. The summed E-state index contributed by atoms with van der Waals surface area (Å²) in [6.45, 7) is 0.311. The summed E-state index contributed by atoms with van der Waals surface area (Å²) in [6.07, 6.45) is 5.09. The van der Waals surface area contributed by atoms with E-state index in [0.29, 0.717) is 22.3 Å². The molecule has 2 N–H and O–H groups in total. The van der Waals surface area contributed by atoms with E-state index in [2.05, 4.69) is 21.0 Å². The predicted molar refractivity (Wildman–Crippen MR) is 118 cm³/mol. The zero-order valence-corrected chi connectivity index (χ0v) is 18.0. The molecule has 1 aliphatic carbocycles. The number of Topliss-reactive ketones (excluding diaryl/α,β-unsaturated/α-hetero) is 1. The van der Waals surface area contributed by atoms with E-state index in [9.17, 15) is 19.6 Å². The number of aliphatic hydroxyl groups excluding tert-OH is 1. The number of nitrogens with one attached hydrogen (secondary N) is 1. The quantitative estimate of drug-likeness (QED) is 0.456. The number of nitriles is 1. The maximum absolute atomic E-state index is 15.2. The van der Waals surface area contributed by atoms with Gasteiger partial charge < -0.3 is 14.7 Å². The molecule has 4 heterocycles. The molecule has 172 valence electrons. The van der Waals surface area contributed by atoms with Crippen molar-refractivity contribution in [3.05, 3.63) is 48.6 Å². The number of nitrogens with zero attached hydrogens (tertiary/aromatic N) is 5. The Balaban J connectivity index is 1.50. The van der Waals surface area contributed by atoms with Crippen LogP contribution in [0.3, 0.4) is 0 Å². The zero-order chi connectivity index (χ0) is 23.6. The van der Waals surface area contributed by atoms with E-state index < -0.39 is 23.4 Å². The van der Waals surface area contributed by atoms with Crippen LogP contribution in [-0.4, -0.2) is 54.6 Å². The van der Waals surface area contributed by atoms with Crippen molar-refractivity contribution in [1.29, 1.82) is 5.26 Å². The van der Waals surface area contributed by atoms with Crippen molar-refractivity contribution in [2.45, 2.75) is 31.0 Å². The van der Waals surface area contributed by atoms with E-state index in [-0.39, 0.29) is 36.7 Å². The number of hydrogen-bond donors (Lipinski definition) is 2. The van der Waals surface area contributed by atoms with Gasteiger partial charge in [0.05, 0.1) is 29.2 Å². The molecule has 8 nitrogen and oxygen atoms in total. The number of rotatable bonds is 6. The van der Waals surface area contributed by atoms with Crippen LogP contribution in [0.2, 0.25) is 0 Å². The number of aromatic amines is 1. The number of likely N-dealkylation sites (tertiary alicyclic amines) is 1. The van der Waals surface area contributed by atoms with Gasteiger partial charge in [-0.3, -0.25) is 9.69 Å². The summed E-state index contributed by atoms with van der Waals surface area (Å²) in [5, 5.41) is 21.3. The molecule has 1 saturated heterocycles. The molecular weight excluding hydrogens is 442 g/mol. The third-order valence-corrected chi connectivity index (χ3v) is 6.96. The topological polar surface area (TPSA) is 111 Å². The third kappa shape index (κ3) is 2.97. The van der Waals surface area contributed by atoms with E-state index in [1.165, 1.54) is 12.4 Å². The molecule has 2 fully saturated rings. The Kier molecular flexibility index (Phi) is 4.56. The number of carbonyl (C=O) groups excluding carboxylic acids is 1. The number of benzene rings is 1. The summed E-state index contributed by atoms with van der Waals surface area (Å²) in [4.78, 5) is 25.6. The smallest absolute Gasteiger partial charge is 0.183 e. The molecule has 0 unspecified atom stereocenters. The first kappa shape index (κ1) is 20.9. The van der Waals surface area contributed by atoms with Gasteiger partial charge in [-0.15, -0.1) is 0 Å². The lowest BCUT2D eigenvalue weighted by molar-refractivity contribution is -0.152. The number of hydrogen-bond acceptors (Lipinski definition) is 6. The Morgan fingerprint density at radius 3 is 2.79 bits per heavy atom. The van der Waals surface area contributed by atoms with Gasteiger partial charge in [0.1, 0.15) is 12.0 Å². The van der Waals surface area contributed by atoms with Gasteiger partial charge in [-0.1, -0.05) is 0 Å². The summed E-state index contributed by atoms with van der Waals surface area (Å²) in [6, 6.07) is 6.53. The van der Waals surface area contributed by atoms with E-state index in [0.717, 1.165) is 24.3 Å². The third-order valence-electron chi connectivity index (χ3n) is 6.96. The molecule has 2 aliphatic rings. The Hall–Kier alpha value is -3.68. The minimum Gasteiger partial charge on any atom is -0.371 e. The first-order valence-electron chi connectivity index (χ1n) is 11.0. The molecule has 3 aromatic heterocycles. The van der Waals surface area contributed by atoms with Crippen LogP contribution in [0.25, 0.3) is 33.2 Å². The highest BCUT2D eigenvalue weighted by Crippen LogP contribution is 2.43. The first-order chi connectivity index (χ1) is 16.4. The van der Waals surface area contributed by atoms with Crippen LogP contribution in [0.1, 0.15) is 19.3 Å². The number of fused-ring (bicyclic) bond motifs is 2. The number of carbonyl (C=O) groups is 1. The average Bonchev–Trinajstić information content (AvgIpc) is 3.41. The molecule has 0 bridgehead atoms. The Morgan fingerprint density at radius 2 is 2.06 bits per heavy atom. The minimum absolute atomic E-state index is 0.00362. The maximum atomic E-state index is 15.2. The van der Waals surface area contributed by atoms with Crippen molar-refractivity contribution in [3.63, 3.8) is 0 Å². The van der Waals surface area contributed by atoms with Crippen LogP contribution < -0.4 is 0 Å². The maximum Gasteiger partial charge on any atom is 0.183 e. The summed E-state index contributed by atoms with van der Waals surface area (Å²) >= 11 is 0. The average molecular weight is 462 g/mol. The van der Waals surface area contributed by atoms with E-state index in [4.69, 9.17) is 0 Å². The number of H-pyrrole nitrogens is 1. The van der Waals surface area contributed by atoms with Crippen LogP contribution in [-0.2, 0) is 10.3 Å². The molecule has 0 radical (unpaired) electrons.